The molecule has 1 rings (SSSR count). The molecule has 0 aliphatic rings. The van der Waals surface area contributed by atoms with E-state index in [4.69, 9.17) is 10.8 Å². The first-order chi connectivity index (χ1) is 9.38. The molecule has 5 N–H and O–H groups in total. The van der Waals surface area contributed by atoms with E-state index in [0.717, 1.165) is 5.56 Å². The first-order valence-corrected chi connectivity index (χ1v) is 5.91. The molecule has 0 aliphatic carbocycles. The third-order valence-corrected chi connectivity index (χ3v) is 2.49. The molecule has 1 aromatic heterocycles. The van der Waals surface area contributed by atoms with E-state index in [1.807, 2.05) is 0 Å². The molecule has 9 nitrogen and oxygen atoms in total. The van der Waals surface area contributed by atoms with E-state index in [2.05, 4.69) is 15.7 Å². The van der Waals surface area contributed by atoms with Gasteiger partial charge in [0.25, 0.3) is 0 Å². The number of aliphatic carboxylic acids is 1. The molecule has 9 heteroatoms. The van der Waals surface area contributed by atoms with Gasteiger partial charge in [0.1, 0.15) is 6.04 Å². The molecule has 1 atom stereocenters. The number of carbonyl (C=O) groups is 3. The van der Waals surface area contributed by atoms with Crippen LogP contribution in [0.5, 0.6) is 0 Å². The van der Waals surface area contributed by atoms with Crippen LogP contribution in [0.4, 0.5) is 4.79 Å². The number of carboxylic acids is 1. The monoisotopic (exact) mass is 283 g/mol. The Morgan fingerprint density at radius 1 is 1.50 bits per heavy atom. The predicted molar refractivity (Wildman–Crippen MR) is 68.4 cm³/mol. The molecule has 0 saturated carbocycles. The van der Waals surface area contributed by atoms with Gasteiger partial charge in [-0.05, 0) is 6.42 Å². The maximum Gasteiger partial charge on any atom is 0.326 e. The first kappa shape index (κ1) is 15.5. The molecule has 110 valence electrons. The van der Waals surface area contributed by atoms with E-state index in [9.17, 15) is 14.4 Å². The summed E-state index contributed by atoms with van der Waals surface area (Å²) in [5.74, 6) is -1.84. The van der Waals surface area contributed by atoms with Crippen LogP contribution in [0.15, 0.2) is 12.4 Å². The average molecular weight is 283 g/mol. The van der Waals surface area contributed by atoms with Crippen molar-refractivity contribution in [3.63, 3.8) is 0 Å². The second-order valence-electron chi connectivity index (χ2n) is 4.25. The van der Waals surface area contributed by atoms with Crippen molar-refractivity contribution in [3.8, 4) is 0 Å². The van der Waals surface area contributed by atoms with E-state index < -0.39 is 23.9 Å². The molecule has 0 radical (unpaired) electrons. The Labute approximate surface area is 115 Å². The predicted octanol–water partition coefficient (Wildman–Crippen LogP) is -1.06. The Kier molecular flexibility index (Phi) is 5.51. The highest BCUT2D eigenvalue weighted by Gasteiger charge is 2.20. The number of aryl methyl sites for hydroxylation is 1. The summed E-state index contributed by atoms with van der Waals surface area (Å²) in [5, 5.41) is 17.6. The quantitative estimate of drug-likeness (QED) is 0.505. The summed E-state index contributed by atoms with van der Waals surface area (Å²) in [7, 11) is 1.74. The SMILES string of the molecule is Cn1cc(CNC(=O)NC(CCC(N)=O)C(=O)O)cn1. The van der Waals surface area contributed by atoms with E-state index in [0.29, 0.717) is 0 Å². The summed E-state index contributed by atoms with van der Waals surface area (Å²) in [6.45, 7) is 0.224. The Morgan fingerprint density at radius 2 is 2.20 bits per heavy atom. The number of nitrogens with two attached hydrogens (primary N) is 1. The molecule has 1 unspecified atom stereocenters. The van der Waals surface area contributed by atoms with E-state index in [1.165, 1.54) is 0 Å². The molecule has 1 aromatic rings. The van der Waals surface area contributed by atoms with Gasteiger partial charge in [-0.3, -0.25) is 9.48 Å². The molecule has 0 spiro atoms. The molecule has 20 heavy (non-hydrogen) atoms. The summed E-state index contributed by atoms with van der Waals surface area (Å²) >= 11 is 0. The summed E-state index contributed by atoms with van der Waals surface area (Å²) in [5.41, 5.74) is 5.72. The van der Waals surface area contributed by atoms with Gasteiger partial charge in [0.2, 0.25) is 5.91 Å². The number of hydrogen-bond donors (Lipinski definition) is 4. The molecule has 0 bridgehead atoms. The highest BCUT2D eigenvalue weighted by Crippen LogP contribution is 1.98. The second-order valence-corrected chi connectivity index (χ2v) is 4.25. The number of aromatic nitrogens is 2. The fourth-order valence-electron chi connectivity index (χ4n) is 1.50. The number of urea groups is 1. The van der Waals surface area contributed by atoms with Crippen molar-refractivity contribution in [2.45, 2.75) is 25.4 Å². The smallest absolute Gasteiger partial charge is 0.326 e. The lowest BCUT2D eigenvalue weighted by Crippen LogP contribution is -2.46. The van der Waals surface area contributed by atoms with Gasteiger partial charge >= 0.3 is 12.0 Å². The van der Waals surface area contributed by atoms with Gasteiger partial charge in [-0.2, -0.15) is 5.10 Å². The van der Waals surface area contributed by atoms with Gasteiger partial charge in [0, 0.05) is 31.8 Å². The zero-order valence-corrected chi connectivity index (χ0v) is 11.0. The summed E-state index contributed by atoms with van der Waals surface area (Å²) in [6.07, 6.45) is 3.15. The first-order valence-electron chi connectivity index (χ1n) is 5.91. The van der Waals surface area contributed by atoms with Gasteiger partial charge in [0.05, 0.1) is 6.20 Å². The minimum atomic E-state index is -1.22. The zero-order chi connectivity index (χ0) is 15.1. The maximum absolute atomic E-state index is 11.6. The fraction of sp³-hybridized carbons (Fsp3) is 0.455. The van der Waals surface area contributed by atoms with Crippen molar-refractivity contribution in [2.75, 3.05) is 0 Å². The number of hydrogen-bond acceptors (Lipinski definition) is 4. The van der Waals surface area contributed by atoms with E-state index in [1.54, 1.807) is 24.1 Å². The van der Waals surface area contributed by atoms with Crippen LogP contribution >= 0.6 is 0 Å². The van der Waals surface area contributed by atoms with Crippen LogP contribution in [0.1, 0.15) is 18.4 Å². The summed E-state index contributed by atoms with van der Waals surface area (Å²) in [4.78, 5) is 33.1. The third-order valence-electron chi connectivity index (χ3n) is 2.49. The number of primary amides is 1. The van der Waals surface area contributed by atoms with Crippen molar-refractivity contribution in [1.29, 1.82) is 0 Å². The zero-order valence-electron chi connectivity index (χ0n) is 11.0. The Morgan fingerprint density at radius 3 is 2.70 bits per heavy atom. The Balaban J connectivity index is 2.41. The average Bonchev–Trinajstić information content (AvgIpc) is 2.77. The highest BCUT2D eigenvalue weighted by atomic mass is 16.4. The Hall–Kier alpha value is -2.58. The minimum absolute atomic E-state index is 0.0506. The van der Waals surface area contributed by atoms with Gasteiger partial charge in [-0.25, -0.2) is 9.59 Å². The number of carbonyl (C=O) groups excluding carboxylic acids is 2. The molecule has 0 saturated heterocycles. The van der Waals surface area contributed by atoms with Crippen LogP contribution in [0, 0.1) is 0 Å². The van der Waals surface area contributed by atoms with Gasteiger partial charge in [-0.15, -0.1) is 0 Å². The van der Waals surface area contributed by atoms with Crippen molar-refractivity contribution in [3.05, 3.63) is 18.0 Å². The fourth-order valence-corrected chi connectivity index (χ4v) is 1.50. The molecule has 0 fully saturated rings. The minimum Gasteiger partial charge on any atom is -0.480 e. The molecular formula is C11H17N5O4. The van der Waals surface area contributed by atoms with Crippen molar-refractivity contribution >= 4 is 17.9 Å². The number of rotatable bonds is 7. The van der Waals surface area contributed by atoms with Crippen molar-refractivity contribution in [1.82, 2.24) is 20.4 Å². The lowest BCUT2D eigenvalue weighted by atomic mass is 10.1. The van der Waals surface area contributed by atoms with Crippen molar-refractivity contribution in [2.24, 2.45) is 12.8 Å². The maximum atomic E-state index is 11.6. The molecule has 3 amide bonds. The van der Waals surface area contributed by atoms with Crippen LogP contribution < -0.4 is 16.4 Å². The molecular weight excluding hydrogens is 266 g/mol. The third kappa shape index (κ3) is 5.38. The number of nitrogens with zero attached hydrogens (tertiary/aromatic N) is 2. The number of carboxylic acid groups (broad SMARTS) is 1. The summed E-state index contributed by atoms with van der Waals surface area (Å²) < 4.78 is 1.59. The number of nitrogens with one attached hydrogen (secondary N) is 2. The normalized spacial score (nSPS) is 11.7. The van der Waals surface area contributed by atoms with Crippen LogP contribution in [0.3, 0.4) is 0 Å². The molecule has 0 aromatic carbocycles. The van der Waals surface area contributed by atoms with Gasteiger partial charge in [0.15, 0.2) is 0 Å². The van der Waals surface area contributed by atoms with Crippen LogP contribution in [-0.2, 0) is 23.2 Å². The standard InChI is InChI=1S/C11H17N5O4/c1-16-6-7(5-14-16)4-13-11(20)15-8(10(18)19)2-3-9(12)17/h5-6,8H,2-4H2,1H3,(H2,12,17)(H,18,19)(H2,13,15,20). The second kappa shape index (κ2) is 7.12. The number of amides is 3. The molecule has 1 heterocycles. The highest BCUT2D eigenvalue weighted by molar-refractivity contribution is 5.83. The molecule has 0 aliphatic heterocycles. The van der Waals surface area contributed by atoms with Crippen LogP contribution in [-0.4, -0.2) is 38.8 Å². The van der Waals surface area contributed by atoms with Gasteiger partial charge in [-0.1, -0.05) is 0 Å². The largest absolute Gasteiger partial charge is 0.480 e. The topological polar surface area (TPSA) is 139 Å². The van der Waals surface area contributed by atoms with E-state index >= 15 is 0 Å². The summed E-state index contributed by atoms with van der Waals surface area (Å²) in [6, 6.07) is -1.79. The van der Waals surface area contributed by atoms with Crippen LogP contribution in [0.2, 0.25) is 0 Å². The lowest BCUT2D eigenvalue weighted by Gasteiger charge is -2.14. The Bertz CT molecular complexity index is 499. The van der Waals surface area contributed by atoms with Crippen LogP contribution in [0.25, 0.3) is 0 Å². The van der Waals surface area contributed by atoms with Crippen molar-refractivity contribution < 1.29 is 19.5 Å². The van der Waals surface area contributed by atoms with E-state index in [-0.39, 0.29) is 19.4 Å². The lowest BCUT2D eigenvalue weighted by molar-refractivity contribution is -0.139. The van der Waals surface area contributed by atoms with Gasteiger partial charge < -0.3 is 21.5 Å².